The van der Waals surface area contributed by atoms with E-state index in [0.717, 1.165) is 65.2 Å². The van der Waals surface area contributed by atoms with Gasteiger partial charge >= 0.3 is 0 Å². The van der Waals surface area contributed by atoms with Gasteiger partial charge in [-0.05, 0) is 93.3 Å². The Kier molecular flexibility index (Phi) is 11.1. The van der Waals surface area contributed by atoms with Gasteiger partial charge in [0.25, 0.3) is 0 Å². The van der Waals surface area contributed by atoms with Crippen molar-refractivity contribution in [2.75, 3.05) is 13.1 Å². The van der Waals surface area contributed by atoms with Crippen LogP contribution in [0.1, 0.15) is 70.0 Å². The summed E-state index contributed by atoms with van der Waals surface area (Å²) in [6.45, 7) is 22.9. The zero-order valence-electron chi connectivity index (χ0n) is 21.0. The van der Waals surface area contributed by atoms with E-state index in [-0.39, 0.29) is 6.04 Å². The van der Waals surface area contributed by atoms with E-state index in [9.17, 15) is 0 Å². The maximum Gasteiger partial charge on any atom is 0.100 e. The number of nitrogens with zero attached hydrogens (tertiary/aromatic N) is 3. The highest BCUT2D eigenvalue weighted by Crippen LogP contribution is 2.37. The quantitative estimate of drug-likeness (QED) is 0.155. The first kappa shape index (κ1) is 27.1. The Morgan fingerprint density at radius 2 is 2.09 bits per heavy atom. The van der Waals surface area contributed by atoms with Crippen LogP contribution in [-0.2, 0) is 0 Å². The van der Waals surface area contributed by atoms with E-state index in [1.807, 2.05) is 25.3 Å². The topological polar surface area (TPSA) is 28.0 Å². The van der Waals surface area contributed by atoms with Crippen LogP contribution in [0.4, 0.5) is 0 Å². The molecule has 1 fully saturated rings. The summed E-state index contributed by atoms with van der Waals surface area (Å²) in [5.41, 5.74) is 6.77. The lowest BCUT2D eigenvalue weighted by Gasteiger charge is -2.36. The molecule has 0 spiro atoms. The van der Waals surface area contributed by atoms with Gasteiger partial charge < -0.3 is 0 Å². The molecule has 0 bridgehead atoms. The summed E-state index contributed by atoms with van der Waals surface area (Å²) in [5.74, 6) is 0. The van der Waals surface area contributed by atoms with E-state index in [1.165, 1.54) is 18.4 Å². The first-order valence-corrected chi connectivity index (χ1v) is 12.5. The summed E-state index contributed by atoms with van der Waals surface area (Å²) >= 11 is 4.53. The van der Waals surface area contributed by atoms with E-state index in [2.05, 4.69) is 81.4 Å². The van der Waals surface area contributed by atoms with Crippen molar-refractivity contribution in [3.8, 4) is 0 Å². The average molecular weight is 464 g/mol. The van der Waals surface area contributed by atoms with Crippen LogP contribution in [0.3, 0.4) is 0 Å². The third-order valence-electron chi connectivity index (χ3n) is 6.41. The molecule has 0 aliphatic carbocycles. The van der Waals surface area contributed by atoms with Gasteiger partial charge in [0, 0.05) is 29.4 Å². The number of thiol groups is 1. The number of hydrogen-bond donors (Lipinski definition) is 1. The Labute approximate surface area is 207 Å². The largest absolute Gasteiger partial charge is 0.293 e. The predicted octanol–water partition coefficient (Wildman–Crippen LogP) is 7.71. The molecular weight excluding hydrogens is 422 g/mol. The monoisotopic (exact) mass is 463 g/mol. The summed E-state index contributed by atoms with van der Waals surface area (Å²) in [6, 6.07) is 6.43. The van der Waals surface area contributed by atoms with Crippen molar-refractivity contribution in [1.29, 1.82) is 0 Å². The van der Waals surface area contributed by atoms with Crippen LogP contribution in [0.15, 0.2) is 81.3 Å². The molecule has 1 saturated heterocycles. The van der Waals surface area contributed by atoms with Gasteiger partial charge in [-0.2, -0.15) is 0 Å². The molecule has 33 heavy (non-hydrogen) atoms. The second-order valence-electron chi connectivity index (χ2n) is 8.84. The molecule has 0 amide bonds. The highest BCUT2D eigenvalue weighted by molar-refractivity contribution is 7.80. The fourth-order valence-electron chi connectivity index (χ4n) is 4.66. The van der Waals surface area contributed by atoms with E-state index in [4.69, 9.17) is 4.99 Å². The summed E-state index contributed by atoms with van der Waals surface area (Å²) in [4.78, 5) is 12.9. The highest BCUT2D eigenvalue weighted by Gasteiger charge is 2.27. The van der Waals surface area contributed by atoms with Crippen LogP contribution >= 0.6 is 12.6 Å². The molecule has 1 aliphatic heterocycles. The van der Waals surface area contributed by atoms with Crippen molar-refractivity contribution in [2.45, 2.75) is 76.8 Å². The van der Waals surface area contributed by atoms with Crippen molar-refractivity contribution in [1.82, 2.24) is 4.90 Å². The minimum Gasteiger partial charge on any atom is -0.293 e. The van der Waals surface area contributed by atoms with Crippen molar-refractivity contribution < 1.29 is 0 Å². The molecule has 0 saturated carbocycles. The minimum atomic E-state index is -0.198. The van der Waals surface area contributed by atoms with Crippen LogP contribution < -0.4 is 0 Å². The van der Waals surface area contributed by atoms with Gasteiger partial charge in [0.05, 0.1) is 0 Å². The van der Waals surface area contributed by atoms with Gasteiger partial charge in [0.2, 0.25) is 0 Å². The maximum atomic E-state index is 4.78. The molecule has 1 aliphatic rings. The third kappa shape index (κ3) is 7.15. The van der Waals surface area contributed by atoms with Gasteiger partial charge in [-0.3, -0.25) is 14.9 Å². The Morgan fingerprint density at radius 3 is 2.70 bits per heavy atom. The molecule has 1 aromatic rings. The summed E-state index contributed by atoms with van der Waals surface area (Å²) in [5, 5.41) is 0. The summed E-state index contributed by atoms with van der Waals surface area (Å²) in [6.07, 6.45) is 11.5. The fourth-order valence-corrected chi connectivity index (χ4v) is 4.93. The standard InChI is InChI=1S/C29H41N3S/c1-8-13-21(4)28(29(30-7)26-16-15-25(33)19-22(26)5)27(23(6)31-17-9-2)20-32-18-12-11-14-24(32)10-3/h9-10,15-17,19,24,29,33H,3-4,7-8,11-14,18,20H2,1-2,5-6H3/b17-9-,28-27-,31-23+. The van der Waals surface area contributed by atoms with E-state index in [0.29, 0.717) is 6.04 Å². The minimum absolute atomic E-state index is 0.198. The normalized spacial score (nSPS) is 19.3. The van der Waals surface area contributed by atoms with Gasteiger partial charge in [-0.15, -0.1) is 19.2 Å². The molecule has 178 valence electrons. The van der Waals surface area contributed by atoms with Crippen LogP contribution in [0.2, 0.25) is 0 Å². The second-order valence-corrected chi connectivity index (χ2v) is 9.35. The molecule has 1 heterocycles. The lowest BCUT2D eigenvalue weighted by Crippen LogP contribution is -2.40. The van der Waals surface area contributed by atoms with Crippen LogP contribution in [0.25, 0.3) is 0 Å². The number of rotatable bonds is 11. The van der Waals surface area contributed by atoms with Gasteiger partial charge in [0.15, 0.2) is 0 Å². The molecule has 2 unspecified atom stereocenters. The molecule has 3 nitrogen and oxygen atoms in total. The van der Waals surface area contributed by atoms with Crippen LogP contribution in [0.5, 0.6) is 0 Å². The Bertz CT molecular complexity index is 938. The number of hydrogen-bond acceptors (Lipinski definition) is 4. The number of aryl methyl sites for hydroxylation is 1. The molecule has 4 heteroatoms. The van der Waals surface area contributed by atoms with Crippen molar-refractivity contribution in [2.24, 2.45) is 9.98 Å². The lowest BCUT2D eigenvalue weighted by molar-refractivity contribution is 0.197. The number of likely N-dealkylation sites (tertiary alicyclic amines) is 1. The Hall–Kier alpha value is -2.17. The fraction of sp³-hybridized carbons (Fsp3) is 0.448. The molecule has 0 aromatic heterocycles. The average Bonchev–Trinajstić information content (AvgIpc) is 2.80. The maximum absolute atomic E-state index is 4.78. The van der Waals surface area contributed by atoms with Crippen molar-refractivity contribution in [3.63, 3.8) is 0 Å². The Balaban J connectivity index is 2.75. The molecule has 0 N–H and O–H groups in total. The zero-order chi connectivity index (χ0) is 24.4. The first-order valence-electron chi connectivity index (χ1n) is 12.1. The molecule has 2 atom stereocenters. The van der Waals surface area contributed by atoms with Gasteiger partial charge in [-0.1, -0.05) is 44.6 Å². The predicted molar refractivity (Wildman–Crippen MR) is 149 cm³/mol. The third-order valence-corrected chi connectivity index (χ3v) is 6.69. The van der Waals surface area contributed by atoms with Crippen molar-refractivity contribution in [3.05, 3.63) is 77.6 Å². The SMILES string of the molecule is C=CC1CCCCN1CC(=C(\C(=C)CCC)C(N=C)c1ccc(S)cc1C)/C(C)=N/C=C\C. The second kappa shape index (κ2) is 13.5. The molecule has 1 aromatic carbocycles. The molecule has 0 radical (unpaired) electrons. The Morgan fingerprint density at radius 1 is 1.33 bits per heavy atom. The van der Waals surface area contributed by atoms with Crippen molar-refractivity contribution >= 4 is 25.1 Å². The van der Waals surface area contributed by atoms with E-state index < -0.39 is 0 Å². The van der Waals surface area contributed by atoms with Gasteiger partial charge in [0.1, 0.15) is 6.04 Å². The summed E-state index contributed by atoms with van der Waals surface area (Å²) in [7, 11) is 0. The smallest absolute Gasteiger partial charge is 0.100 e. The molecular formula is C29H41N3S. The van der Waals surface area contributed by atoms with Crippen LogP contribution in [-0.4, -0.2) is 36.5 Å². The first-order chi connectivity index (χ1) is 15.9. The van der Waals surface area contributed by atoms with Crippen LogP contribution in [0, 0.1) is 6.92 Å². The zero-order valence-corrected chi connectivity index (χ0v) is 21.9. The lowest BCUT2D eigenvalue weighted by atomic mass is 9.84. The number of allylic oxidation sites excluding steroid dienone is 1. The summed E-state index contributed by atoms with van der Waals surface area (Å²) < 4.78 is 0. The number of piperidine rings is 1. The number of aliphatic imine (C=N–C) groups is 2. The van der Waals surface area contributed by atoms with E-state index >= 15 is 0 Å². The highest BCUT2D eigenvalue weighted by atomic mass is 32.1. The molecule has 2 rings (SSSR count). The van der Waals surface area contributed by atoms with Gasteiger partial charge in [-0.25, -0.2) is 0 Å². The number of benzene rings is 1. The van der Waals surface area contributed by atoms with E-state index in [1.54, 1.807) is 0 Å².